The van der Waals surface area contributed by atoms with Crippen LogP contribution in [0.4, 0.5) is 17.1 Å². The van der Waals surface area contributed by atoms with Gasteiger partial charge in [0.15, 0.2) is 0 Å². The second-order valence-corrected chi connectivity index (χ2v) is 24.1. The van der Waals surface area contributed by atoms with Crippen LogP contribution in [0.25, 0.3) is 115 Å². The van der Waals surface area contributed by atoms with Gasteiger partial charge in [0.2, 0.25) is 0 Å². The molecule has 0 saturated carbocycles. The summed E-state index contributed by atoms with van der Waals surface area (Å²) in [5, 5.41) is 9.55. The van der Waals surface area contributed by atoms with Crippen molar-refractivity contribution in [2.45, 2.75) is 13.3 Å². The van der Waals surface area contributed by atoms with Gasteiger partial charge in [-0.25, -0.2) is 0 Å². The van der Waals surface area contributed by atoms with E-state index < -0.39 is 0 Å². The highest BCUT2D eigenvalue weighted by Gasteiger charge is 2.45. The molecule has 2 aliphatic carbocycles. The van der Waals surface area contributed by atoms with Crippen molar-refractivity contribution in [3.8, 4) is 44.5 Å². The molecular formula is C87H56N4. The highest BCUT2D eigenvalue weighted by molar-refractivity contribution is 6.42. The molecule has 424 valence electrons. The third-order valence-corrected chi connectivity index (χ3v) is 19.2. The Hall–Kier alpha value is -11.9. The SMILES string of the molecule is Cc1c2c(c(-c3ccccc3)c(-c3cccnc3)c1N1c3ccccc3Cc3ccccc31)C(c1cccnc1)=C1C2=C(c2cccnc2)C(c2cccc3c2ccc2cc(-c4ccccc4)ccc23)=C1c1cccc2c1ccc1cc(-c3ccccc3)ccc12. The molecule has 0 amide bonds. The van der Waals surface area contributed by atoms with Crippen LogP contribution in [0.3, 0.4) is 0 Å². The monoisotopic (exact) mass is 1160 g/mol. The number of nitrogens with zero attached hydrogens (tertiary/aromatic N) is 4. The Balaban J connectivity index is 1.03. The summed E-state index contributed by atoms with van der Waals surface area (Å²) in [5.41, 5.74) is 30.0. The molecule has 4 nitrogen and oxygen atoms in total. The second kappa shape index (κ2) is 21.2. The molecule has 0 atom stereocenters. The molecule has 1 aliphatic heterocycles. The lowest BCUT2D eigenvalue weighted by atomic mass is 9.79. The summed E-state index contributed by atoms with van der Waals surface area (Å²) in [6.07, 6.45) is 12.8. The molecule has 0 fully saturated rings. The Kier molecular flexibility index (Phi) is 12.2. The van der Waals surface area contributed by atoms with Gasteiger partial charge in [0, 0.05) is 93.9 Å². The van der Waals surface area contributed by atoms with Crippen LogP contribution >= 0.6 is 0 Å². The van der Waals surface area contributed by atoms with E-state index in [0.29, 0.717) is 0 Å². The first-order valence-electron chi connectivity index (χ1n) is 31.3. The number of para-hydroxylation sites is 2. The van der Waals surface area contributed by atoms with Crippen molar-refractivity contribution in [1.29, 1.82) is 0 Å². The van der Waals surface area contributed by atoms with E-state index in [9.17, 15) is 0 Å². The van der Waals surface area contributed by atoms with Crippen molar-refractivity contribution >= 4 is 88.0 Å². The van der Waals surface area contributed by atoms with Gasteiger partial charge in [-0.3, -0.25) is 15.0 Å². The van der Waals surface area contributed by atoms with Crippen LogP contribution in [0.2, 0.25) is 0 Å². The lowest BCUT2D eigenvalue weighted by Gasteiger charge is -2.37. The summed E-state index contributed by atoms with van der Waals surface area (Å²) < 4.78 is 0. The molecule has 0 N–H and O–H groups in total. The fourth-order valence-corrected chi connectivity index (χ4v) is 15.4. The van der Waals surface area contributed by atoms with Crippen molar-refractivity contribution in [2.75, 3.05) is 4.90 Å². The smallest absolute Gasteiger partial charge is 0.0582 e. The van der Waals surface area contributed by atoms with E-state index in [-0.39, 0.29) is 0 Å². The number of rotatable bonds is 9. The molecule has 0 bridgehead atoms. The molecule has 0 radical (unpaired) electrons. The van der Waals surface area contributed by atoms with Crippen molar-refractivity contribution in [3.63, 3.8) is 0 Å². The van der Waals surface area contributed by atoms with Crippen molar-refractivity contribution < 1.29 is 0 Å². The van der Waals surface area contributed by atoms with Crippen molar-refractivity contribution in [1.82, 2.24) is 15.0 Å². The van der Waals surface area contributed by atoms with E-state index in [0.717, 1.165) is 95.8 Å². The van der Waals surface area contributed by atoms with Crippen LogP contribution in [0.5, 0.6) is 0 Å². The van der Waals surface area contributed by atoms with Gasteiger partial charge >= 0.3 is 0 Å². The lowest BCUT2D eigenvalue weighted by molar-refractivity contribution is 1.08. The summed E-state index contributed by atoms with van der Waals surface area (Å²) in [6, 6.07) is 101. The average Bonchev–Trinajstić information content (AvgIpc) is 1.54. The zero-order chi connectivity index (χ0) is 60.1. The quantitative estimate of drug-likeness (QED) is 0.135. The molecule has 4 heteroatoms. The molecule has 4 heterocycles. The molecular weight excluding hydrogens is 1100 g/mol. The van der Waals surface area contributed by atoms with Crippen LogP contribution in [0.15, 0.2) is 316 Å². The zero-order valence-electron chi connectivity index (χ0n) is 49.9. The maximum absolute atomic E-state index is 5.04. The minimum Gasteiger partial charge on any atom is -0.309 e. The third kappa shape index (κ3) is 8.27. The Morgan fingerprint density at radius 3 is 1.24 bits per heavy atom. The summed E-state index contributed by atoms with van der Waals surface area (Å²) in [6.45, 7) is 2.39. The zero-order valence-corrected chi connectivity index (χ0v) is 49.9. The number of aromatic nitrogens is 3. The van der Waals surface area contributed by atoms with E-state index in [2.05, 4.69) is 303 Å². The van der Waals surface area contributed by atoms with Crippen LogP contribution in [0, 0.1) is 6.92 Å². The molecule has 0 unspecified atom stereocenters. The van der Waals surface area contributed by atoms with E-state index in [1.54, 1.807) is 0 Å². The molecule has 3 aromatic heterocycles. The summed E-state index contributed by atoms with van der Waals surface area (Å²) in [4.78, 5) is 17.6. The molecule has 0 spiro atoms. The number of pyridine rings is 3. The standard InChI is InChI=1S/C87H56N4/c1-54-77-84(78(57-24-9-4-10-25-57)81(66-30-19-47-90-53-66)87(54)91-75-35-13-11-26-62(75)50-63-27-12-14-36-76(63)91)80(65-29-18-46-89-52-65)86-83(74-34-16-32-70-68-42-38-59(56-22-7-3-8-23-56)49-61(68)40-44-72(70)74)82(79(85(77)86)64-28-17-45-88-51-64)73-33-15-31-69-67-41-37-58(55-20-5-2-6-21-55)48-60(67)39-43-71(69)73/h2-49,51-53H,50H2,1H3. The molecule has 18 rings (SSSR count). The van der Waals surface area contributed by atoms with E-state index in [1.165, 1.54) is 98.8 Å². The van der Waals surface area contributed by atoms with Gasteiger partial charge in [0.05, 0.1) is 5.69 Å². The Morgan fingerprint density at radius 2 is 0.725 bits per heavy atom. The molecule has 12 aromatic carbocycles. The number of allylic oxidation sites excluding steroid dienone is 5. The highest BCUT2D eigenvalue weighted by Crippen LogP contribution is 2.67. The number of hydrogen-bond acceptors (Lipinski definition) is 4. The van der Waals surface area contributed by atoms with Crippen molar-refractivity contribution in [3.05, 3.63) is 366 Å². The fraction of sp³-hybridized carbons (Fsp3) is 0.0230. The van der Waals surface area contributed by atoms with Gasteiger partial charge in [-0.2, -0.15) is 0 Å². The summed E-state index contributed by atoms with van der Waals surface area (Å²) >= 11 is 0. The van der Waals surface area contributed by atoms with Gasteiger partial charge < -0.3 is 4.90 Å². The molecule has 0 saturated heterocycles. The Bertz CT molecular complexity index is 5530. The average molecular weight is 1160 g/mol. The van der Waals surface area contributed by atoms with Crippen LogP contribution in [-0.4, -0.2) is 15.0 Å². The van der Waals surface area contributed by atoms with E-state index in [4.69, 9.17) is 15.0 Å². The number of benzene rings is 12. The van der Waals surface area contributed by atoms with Crippen LogP contribution < -0.4 is 4.90 Å². The normalized spacial score (nSPS) is 13.4. The Labute approximate surface area is 528 Å². The first-order valence-corrected chi connectivity index (χ1v) is 31.3. The predicted octanol–water partition coefficient (Wildman–Crippen LogP) is 22.2. The maximum Gasteiger partial charge on any atom is 0.0582 e. The number of hydrogen-bond donors (Lipinski definition) is 0. The summed E-state index contributed by atoms with van der Waals surface area (Å²) in [5.74, 6) is 0. The second-order valence-electron chi connectivity index (χ2n) is 24.1. The molecule has 3 aliphatic rings. The predicted molar refractivity (Wildman–Crippen MR) is 379 cm³/mol. The largest absolute Gasteiger partial charge is 0.309 e. The van der Waals surface area contributed by atoms with Gasteiger partial charge in [0.25, 0.3) is 0 Å². The lowest BCUT2D eigenvalue weighted by Crippen LogP contribution is -2.21. The minimum atomic E-state index is 0.827. The van der Waals surface area contributed by atoms with Crippen molar-refractivity contribution in [2.24, 2.45) is 0 Å². The molecule has 91 heavy (non-hydrogen) atoms. The first-order chi connectivity index (χ1) is 45.1. The van der Waals surface area contributed by atoms with Gasteiger partial charge in [-0.15, -0.1) is 0 Å². The Morgan fingerprint density at radius 1 is 0.275 bits per heavy atom. The third-order valence-electron chi connectivity index (χ3n) is 19.2. The van der Waals surface area contributed by atoms with E-state index >= 15 is 0 Å². The van der Waals surface area contributed by atoms with Gasteiger partial charge in [-0.1, -0.05) is 231 Å². The highest BCUT2D eigenvalue weighted by atomic mass is 15.2. The van der Waals surface area contributed by atoms with Gasteiger partial charge in [0.1, 0.15) is 0 Å². The number of anilines is 3. The maximum atomic E-state index is 5.04. The van der Waals surface area contributed by atoms with Gasteiger partial charge in [-0.05, 0) is 182 Å². The number of fused-ring (bicyclic) bond motifs is 11. The van der Waals surface area contributed by atoms with Crippen LogP contribution in [0.1, 0.15) is 50.1 Å². The van der Waals surface area contributed by atoms with E-state index in [1.807, 2.05) is 18.6 Å². The first kappa shape index (κ1) is 52.3. The summed E-state index contributed by atoms with van der Waals surface area (Å²) in [7, 11) is 0. The topological polar surface area (TPSA) is 41.9 Å². The van der Waals surface area contributed by atoms with Crippen LogP contribution in [-0.2, 0) is 6.42 Å². The fourth-order valence-electron chi connectivity index (χ4n) is 15.4. The molecule has 15 aromatic rings. The minimum absolute atomic E-state index is 0.827.